The van der Waals surface area contributed by atoms with Gasteiger partial charge in [0.05, 0.1) is 0 Å². The summed E-state index contributed by atoms with van der Waals surface area (Å²) < 4.78 is 16.8. The molecule has 448 valence electrons. The largest absolute Gasteiger partial charge is 0.462 e. The molecule has 1 atom stereocenters. The highest BCUT2D eigenvalue weighted by Gasteiger charge is 2.19. The Morgan fingerprint density at radius 2 is 0.500 bits per heavy atom. The SMILES string of the molecule is CC/C=C\C/C=C\C/C=C\C/C=C\C/C=C\C/C=C\C/C=C\CCCCCCCCCCCC(=O)OCC(COC(=O)CCCCCCC/C=C\C/C=C\CCCC)OC(=O)CCC/C=C\C/C=C\C/C=C\C/C=C\C/C=C\CC. The molecule has 0 N–H and O–H groups in total. The number of carbonyl (C=O) groups excluding carboxylic acids is 3. The number of rotatable bonds is 56. The van der Waals surface area contributed by atoms with Crippen molar-refractivity contribution >= 4 is 17.9 Å². The zero-order valence-corrected chi connectivity index (χ0v) is 51.3. The Bertz CT molecular complexity index is 1840. The van der Waals surface area contributed by atoms with Gasteiger partial charge in [-0.05, 0) is 141 Å². The van der Waals surface area contributed by atoms with Crippen LogP contribution in [0.1, 0.15) is 258 Å². The van der Waals surface area contributed by atoms with Crippen molar-refractivity contribution in [3.63, 3.8) is 0 Å². The van der Waals surface area contributed by atoms with Gasteiger partial charge in [0.25, 0.3) is 0 Å². The first kappa shape index (κ1) is 74.8. The van der Waals surface area contributed by atoms with E-state index in [0.29, 0.717) is 19.3 Å². The second-order valence-corrected chi connectivity index (χ2v) is 20.5. The molecule has 0 heterocycles. The molecule has 1 unspecified atom stereocenters. The molecule has 0 saturated heterocycles. The van der Waals surface area contributed by atoms with Crippen LogP contribution in [0.3, 0.4) is 0 Å². The average Bonchev–Trinajstić information content (AvgIpc) is 3.46. The van der Waals surface area contributed by atoms with E-state index in [1.165, 1.54) is 57.8 Å². The van der Waals surface area contributed by atoms with Gasteiger partial charge < -0.3 is 14.2 Å². The molecule has 0 spiro atoms. The average molecular weight is 1100 g/mol. The van der Waals surface area contributed by atoms with Crippen molar-refractivity contribution in [2.24, 2.45) is 0 Å². The van der Waals surface area contributed by atoms with Gasteiger partial charge >= 0.3 is 17.9 Å². The van der Waals surface area contributed by atoms with E-state index in [1.807, 2.05) is 0 Å². The van der Waals surface area contributed by atoms with Crippen molar-refractivity contribution < 1.29 is 28.6 Å². The van der Waals surface area contributed by atoms with Crippen LogP contribution in [0.4, 0.5) is 0 Å². The van der Waals surface area contributed by atoms with E-state index < -0.39 is 6.10 Å². The first-order chi connectivity index (χ1) is 39.5. The molecule has 80 heavy (non-hydrogen) atoms. The standard InChI is InChI=1S/C74H116O6/c1-4-7-10-13-16-19-22-25-28-30-31-32-33-34-35-36-37-38-39-40-41-42-43-45-46-49-52-55-58-61-64-67-73(76)79-70-71(69-78-72(75)66-63-60-57-54-51-48-27-24-21-18-15-12-9-6-3)80-74(77)68-65-62-59-56-53-50-47-44-29-26-23-20-17-14-11-8-5-2/h7-8,10-11,15-20,24-29,31-32,34-35,37-38,40-41,47,50,56,59,71H,4-6,9,12-14,21-23,30,33,36,39,42-46,48-49,51-55,57-58,60-70H2,1-3H3/b10-7-,11-8-,18-15-,19-16-,20-17-,27-24-,28-25-,29-26-,32-31-,35-34-,38-37-,41-40-,50-47-,59-56-. The first-order valence-electron chi connectivity index (χ1n) is 32.1. The normalized spacial score (nSPS) is 13.3. The first-order valence-corrected chi connectivity index (χ1v) is 32.1. The summed E-state index contributed by atoms with van der Waals surface area (Å²) in [7, 11) is 0. The molecular formula is C74H116O6. The van der Waals surface area contributed by atoms with E-state index in [-0.39, 0.29) is 37.5 Å². The lowest BCUT2D eigenvalue weighted by molar-refractivity contribution is -0.167. The van der Waals surface area contributed by atoms with Gasteiger partial charge in [0.15, 0.2) is 6.10 Å². The highest BCUT2D eigenvalue weighted by Crippen LogP contribution is 2.14. The number of allylic oxidation sites excluding steroid dienone is 28. The van der Waals surface area contributed by atoms with Crippen LogP contribution in [0.25, 0.3) is 0 Å². The molecule has 0 aromatic carbocycles. The molecule has 0 rings (SSSR count). The van der Waals surface area contributed by atoms with Gasteiger partial charge in [0.1, 0.15) is 13.2 Å². The zero-order valence-electron chi connectivity index (χ0n) is 51.3. The quantitative estimate of drug-likeness (QED) is 0.0261. The van der Waals surface area contributed by atoms with E-state index in [0.717, 1.165) is 154 Å². The molecule has 0 radical (unpaired) electrons. The topological polar surface area (TPSA) is 78.9 Å². The smallest absolute Gasteiger partial charge is 0.306 e. The maximum atomic E-state index is 12.9. The molecule has 0 aromatic heterocycles. The number of ether oxygens (including phenoxy) is 3. The fourth-order valence-corrected chi connectivity index (χ4v) is 8.18. The van der Waals surface area contributed by atoms with E-state index >= 15 is 0 Å². The van der Waals surface area contributed by atoms with Crippen molar-refractivity contribution in [2.45, 2.75) is 264 Å². The molecule has 0 aromatic rings. The Kier molecular flexibility index (Phi) is 61.9. The lowest BCUT2D eigenvalue weighted by atomic mass is 10.1. The van der Waals surface area contributed by atoms with Gasteiger partial charge in [0.2, 0.25) is 0 Å². The molecule has 0 aliphatic carbocycles. The van der Waals surface area contributed by atoms with Crippen LogP contribution >= 0.6 is 0 Å². The summed E-state index contributed by atoms with van der Waals surface area (Å²) in [6, 6.07) is 0. The van der Waals surface area contributed by atoms with Crippen LogP contribution in [0, 0.1) is 0 Å². The molecular weight excluding hydrogens is 985 g/mol. The molecule has 0 amide bonds. The second-order valence-electron chi connectivity index (χ2n) is 20.5. The van der Waals surface area contributed by atoms with Gasteiger partial charge in [0, 0.05) is 19.3 Å². The van der Waals surface area contributed by atoms with Gasteiger partial charge in [-0.1, -0.05) is 268 Å². The van der Waals surface area contributed by atoms with Crippen LogP contribution in [-0.2, 0) is 28.6 Å². The third-order valence-electron chi connectivity index (χ3n) is 12.9. The lowest BCUT2D eigenvalue weighted by Crippen LogP contribution is -2.30. The number of esters is 3. The molecule has 0 bridgehead atoms. The van der Waals surface area contributed by atoms with E-state index in [2.05, 4.69) is 191 Å². The van der Waals surface area contributed by atoms with E-state index in [1.54, 1.807) is 0 Å². The number of hydrogen-bond donors (Lipinski definition) is 0. The predicted molar refractivity (Wildman–Crippen MR) is 348 cm³/mol. The maximum absolute atomic E-state index is 12.9. The summed E-state index contributed by atoms with van der Waals surface area (Å²) in [5, 5.41) is 0. The van der Waals surface area contributed by atoms with Crippen molar-refractivity contribution in [1.82, 2.24) is 0 Å². The Labute approximate surface area is 492 Å². The summed E-state index contributed by atoms with van der Waals surface area (Å²) in [6.07, 6.45) is 97.9. The van der Waals surface area contributed by atoms with Crippen LogP contribution in [0.15, 0.2) is 170 Å². The van der Waals surface area contributed by atoms with Crippen molar-refractivity contribution in [3.05, 3.63) is 170 Å². The Balaban J connectivity index is 4.39. The highest BCUT2D eigenvalue weighted by atomic mass is 16.6. The second kappa shape index (κ2) is 66.3. The van der Waals surface area contributed by atoms with Gasteiger partial charge in [-0.25, -0.2) is 0 Å². The summed E-state index contributed by atoms with van der Waals surface area (Å²) in [5.41, 5.74) is 0. The molecule has 0 aliphatic rings. The number of unbranched alkanes of at least 4 members (excludes halogenated alkanes) is 17. The van der Waals surface area contributed by atoms with Crippen molar-refractivity contribution in [3.8, 4) is 0 Å². The van der Waals surface area contributed by atoms with Gasteiger partial charge in [-0.2, -0.15) is 0 Å². The minimum Gasteiger partial charge on any atom is -0.462 e. The Morgan fingerprint density at radius 3 is 0.800 bits per heavy atom. The minimum atomic E-state index is -0.826. The number of carbonyl (C=O) groups is 3. The van der Waals surface area contributed by atoms with Crippen molar-refractivity contribution in [2.75, 3.05) is 13.2 Å². The molecule has 6 heteroatoms. The van der Waals surface area contributed by atoms with Crippen LogP contribution in [0.5, 0.6) is 0 Å². The lowest BCUT2D eigenvalue weighted by Gasteiger charge is -2.18. The Hall–Kier alpha value is -5.23. The van der Waals surface area contributed by atoms with Gasteiger partial charge in [-0.15, -0.1) is 0 Å². The predicted octanol–water partition coefficient (Wildman–Crippen LogP) is 22.3. The maximum Gasteiger partial charge on any atom is 0.306 e. The van der Waals surface area contributed by atoms with E-state index in [4.69, 9.17) is 14.2 Å². The van der Waals surface area contributed by atoms with Crippen LogP contribution in [-0.4, -0.2) is 37.2 Å². The molecule has 0 fully saturated rings. The summed E-state index contributed by atoms with van der Waals surface area (Å²) in [6.45, 7) is 6.30. The van der Waals surface area contributed by atoms with Crippen molar-refractivity contribution in [1.29, 1.82) is 0 Å². The highest BCUT2D eigenvalue weighted by molar-refractivity contribution is 5.71. The fourth-order valence-electron chi connectivity index (χ4n) is 8.18. The van der Waals surface area contributed by atoms with Crippen LogP contribution in [0.2, 0.25) is 0 Å². The molecule has 6 nitrogen and oxygen atoms in total. The summed E-state index contributed by atoms with van der Waals surface area (Å²) in [4.78, 5) is 38.3. The zero-order chi connectivity index (χ0) is 57.8. The third-order valence-corrected chi connectivity index (χ3v) is 12.9. The summed E-state index contributed by atoms with van der Waals surface area (Å²) >= 11 is 0. The van der Waals surface area contributed by atoms with E-state index in [9.17, 15) is 14.4 Å². The molecule has 0 saturated carbocycles. The third kappa shape index (κ3) is 63.6. The minimum absolute atomic E-state index is 0.116. The van der Waals surface area contributed by atoms with Crippen LogP contribution < -0.4 is 0 Å². The summed E-state index contributed by atoms with van der Waals surface area (Å²) in [5.74, 6) is -1.000. The monoisotopic (exact) mass is 1100 g/mol. The Morgan fingerprint density at radius 1 is 0.263 bits per heavy atom. The fraction of sp³-hybridized carbons (Fsp3) is 0.581. The van der Waals surface area contributed by atoms with Gasteiger partial charge in [-0.3, -0.25) is 14.4 Å². The number of hydrogen-bond acceptors (Lipinski definition) is 6. The molecule has 0 aliphatic heterocycles.